The molecular formula is C17H11ClF2N2O3S. The summed E-state index contributed by atoms with van der Waals surface area (Å²) in [6.07, 6.45) is -0.0904. The molecule has 5 nitrogen and oxygen atoms in total. The van der Waals surface area contributed by atoms with E-state index in [0.29, 0.717) is 26.4 Å². The van der Waals surface area contributed by atoms with Crippen LogP contribution in [0.4, 0.5) is 8.78 Å². The van der Waals surface area contributed by atoms with Gasteiger partial charge in [0.25, 0.3) is 0 Å². The van der Waals surface area contributed by atoms with Gasteiger partial charge in [-0.25, -0.2) is 13.8 Å². The molecule has 3 aromatic rings. The minimum Gasteiger partial charge on any atom is -0.480 e. The third-order valence-corrected chi connectivity index (χ3v) is 4.73. The smallest absolute Gasteiger partial charge is 0.322 e. The summed E-state index contributed by atoms with van der Waals surface area (Å²) in [7, 11) is 0. The number of nitrogens with zero attached hydrogens (tertiary/aromatic N) is 1. The molecule has 0 bridgehead atoms. The van der Waals surface area contributed by atoms with E-state index >= 15 is 0 Å². The van der Waals surface area contributed by atoms with E-state index in [1.54, 1.807) is 12.1 Å². The maximum Gasteiger partial charge on any atom is 0.322 e. The molecule has 134 valence electrons. The van der Waals surface area contributed by atoms with Crippen LogP contribution in [0.1, 0.15) is 5.01 Å². The fourth-order valence-electron chi connectivity index (χ4n) is 2.37. The molecule has 0 unspecified atom stereocenters. The summed E-state index contributed by atoms with van der Waals surface area (Å²) in [5.41, 5.74) is 1.32. The van der Waals surface area contributed by atoms with Crippen LogP contribution in [0.15, 0.2) is 30.3 Å². The molecule has 0 aliphatic heterocycles. The van der Waals surface area contributed by atoms with Gasteiger partial charge < -0.3 is 10.4 Å². The second-order valence-electron chi connectivity index (χ2n) is 5.42. The Morgan fingerprint density at radius 2 is 1.77 bits per heavy atom. The molecule has 0 aliphatic carbocycles. The van der Waals surface area contributed by atoms with E-state index in [0.717, 1.165) is 6.07 Å². The number of halogens is 3. The molecule has 26 heavy (non-hydrogen) atoms. The highest BCUT2D eigenvalue weighted by molar-refractivity contribution is 7.18. The summed E-state index contributed by atoms with van der Waals surface area (Å²) in [5.74, 6) is -3.01. The first-order valence-corrected chi connectivity index (χ1v) is 8.55. The van der Waals surface area contributed by atoms with E-state index in [-0.39, 0.29) is 11.4 Å². The van der Waals surface area contributed by atoms with Gasteiger partial charge in [-0.15, -0.1) is 11.3 Å². The molecule has 3 rings (SSSR count). The number of amides is 1. The second kappa shape index (κ2) is 7.35. The van der Waals surface area contributed by atoms with Crippen molar-refractivity contribution in [3.05, 3.63) is 52.0 Å². The lowest BCUT2D eigenvalue weighted by molar-refractivity contribution is -0.137. The number of nitrogens with one attached hydrogen (secondary N) is 1. The van der Waals surface area contributed by atoms with Gasteiger partial charge in [-0.1, -0.05) is 11.6 Å². The number of carbonyl (C=O) groups excluding carboxylic acids is 1. The number of hydrogen-bond donors (Lipinski definition) is 2. The Morgan fingerprint density at radius 1 is 1.12 bits per heavy atom. The summed E-state index contributed by atoms with van der Waals surface area (Å²) >= 11 is 7.42. The van der Waals surface area contributed by atoms with Crippen molar-refractivity contribution in [1.82, 2.24) is 10.3 Å². The number of aliphatic carboxylic acids is 1. The topological polar surface area (TPSA) is 79.3 Å². The van der Waals surface area contributed by atoms with Crippen LogP contribution >= 0.6 is 22.9 Å². The van der Waals surface area contributed by atoms with Crippen molar-refractivity contribution < 1.29 is 23.5 Å². The Labute approximate surface area is 155 Å². The highest BCUT2D eigenvalue weighted by Crippen LogP contribution is 2.34. The lowest BCUT2D eigenvalue weighted by Gasteiger charge is -2.04. The van der Waals surface area contributed by atoms with Crippen molar-refractivity contribution in [3.63, 3.8) is 0 Å². The van der Waals surface area contributed by atoms with Crippen molar-refractivity contribution in [2.45, 2.75) is 6.42 Å². The molecule has 0 saturated carbocycles. The molecule has 0 radical (unpaired) electrons. The minimum atomic E-state index is -1.14. The van der Waals surface area contributed by atoms with Crippen LogP contribution < -0.4 is 5.32 Å². The zero-order valence-electron chi connectivity index (χ0n) is 13.1. The SMILES string of the molecule is O=C(O)CNC(=O)Cc1nc2c(Cl)cc(-c3cc(F)cc(F)c3)cc2s1. The van der Waals surface area contributed by atoms with Crippen LogP contribution in [0.5, 0.6) is 0 Å². The lowest BCUT2D eigenvalue weighted by atomic mass is 10.1. The number of thiazole rings is 1. The molecule has 2 aromatic carbocycles. The van der Waals surface area contributed by atoms with Crippen LogP contribution in [0.2, 0.25) is 5.02 Å². The van der Waals surface area contributed by atoms with E-state index in [1.165, 1.54) is 23.5 Å². The summed E-state index contributed by atoms with van der Waals surface area (Å²) < 4.78 is 27.5. The van der Waals surface area contributed by atoms with Crippen LogP contribution in [-0.4, -0.2) is 28.5 Å². The number of rotatable bonds is 5. The van der Waals surface area contributed by atoms with Crippen LogP contribution in [0.3, 0.4) is 0 Å². The third kappa shape index (κ3) is 4.14. The number of benzene rings is 2. The number of hydrogen-bond acceptors (Lipinski definition) is 4. The Morgan fingerprint density at radius 3 is 2.42 bits per heavy atom. The summed E-state index contributed by atoms with van der Waals surface area (Å²) in [4.78, 5) is 26.5. The molecule has 1 amide bonds. The average Bonchev–Trinajstić information content (AvgIpc) is 2.95. The van der Waals surface area contributed by atoms with Crippen molar-refractivity contribution in [3.8, 4) is 11.1 Å². The predicted octanol–water partition coefficient (Wildman–Crippen LogP) is 3.64. The standard InChI is InChI=1S/C17H11ClF2N2O3S/c18-12-3-9(8-1-10(19)5-11(20)2-8)4-13-17(12)22-15(26-13)6-14(23)21-7-16(24)25/h1-5H,6-7H2,(H,21,23)(H,24,25). The van der Waals surface area contributed by atoms with Gasteiger partial charge in [0.2, 0.25) is 5.91 Å². The van der Waals surface area contributed by atoms with Gasteiger partial charge in [-0.3, -0.25) is 9.59 Å². The first kappa shape index (κ1) is 18.2. The Hall–Kier alpha value is -2.58. The maximum absolute atomic E-state index is 13.4. The first-order valence-electron chi connectivity index (χ1n) is 7.36. The third-order valence-electron chi connectivity index (χ3n) is 3.44. The van der Waals surface area contributed by atoms with Gasteiger partial charge in [0.05, 0.1) is 16.1 Å². The van der Waals surface area contributed by atoms with E-state index < -0.39 is 30.1 Å². The highest BCUT2D eigenvalue weighted by atomic mass is 35.5. The van der Waals surface area contributed by atoms with Crippen molar-refractivity contribution >= 4 is 45.0 Å². The molecule has 0 fully saturated rings. The molecule has 0 aliphatic rings. The van der Waals surface area contributed by atoms with Gasteiger partial charge in [0, 0.05) is 6.07 Å². The summed E-state index contributed by atoms with van der Waals surface area (Å²) in [5, 5.41) is 11.5. The van der Waals surface area contributed by atoms with Crippen LogP contribution in [-0.2, 0) is 16.0 Å². The van der Waals surface area contributed by atoms with Crippen molar-refractivity contribution in [1.29, 1.82) is 0 Å². The lowest BCUT2D eigenvalue weighted by Crippen LogP contribution is -2.30. The van der Waals surface area contributed by atoms with Crippen LogP contribution in [0, 0.1) is 11.6 Å². The highest BCUT2D eigenvalue weighted by Gasteiger charge is 2.14. The molecule has 0 spiro atoms. The van der Waals surface area contributed by atoms with Crippen molar-refractivity contribution in [2.24, 2.45) is 0 Å². The molecule has 2 N–H and O–H groups in total. The van der Waals surface area contributed by atoms with E-state index in [9.17, 15) is 18.4 Å². The molecular weight excluding hydrogens is 386 g/mol. The van der Waals surface area contributed by atoms with Gasteiger partial charge in [-0.05, 0) is 35.4 Å². The van der Waals surface area contributed by atoms with Gasteiger partial charge in [0.1, 0.15) is 28.7 Å². The molecule has 0 saturated heterocycles. The predicted molar refractivity (Wildman–Crippen MR) is 94.3 cm³/mol. The number of fused-ring (bicyclic) bond motifs is 1. The summed E-state index contributed by atoms with van der Waals surface area (Å²) in [6, 6.07) is 6.41. The van der Waals surface area contributed by atoms with E-state index in [2.05, 4.69) is 10.3 Å². The van der Waals surface area contributed by atoms with Gasteiger partial charge in [0.15, 0.2) is 0 Å². The fourth-order valence-corrected chi connectivity index (χ4v) is 3.72. The van der Waals surface area contributed by atoms with Crippen LogP contribution in [0.25, 0.3) is 21.3 Å². The minimum absolute atomic E-state index is 0.0904. The zero-order valence-corrected chi connectivity index (χ0v) is 14.6. The normalized spacial score (nSPS) is 10.9. The summed E-state index contributed by atoms with van der Waals surface area (Å²) in [6.45, 7) is -0.472. The second-order valence-corrected chi connectivity index (χ2v) is 6.94. The molecule has 9 heteroatoms. The van der Waals surface area contributed by atoms with Gasteiger partial charge >= 0.3 is 5.97 Å². The van der Waals surface area contributed by atoms with Gasteiger partial charge in [-0.2, -0.15) is 0 Å². The number of carboxylic acid groups (broad SMARTS) is 1. The first-order chi connectivity index (χ1) is 12.3. The number of carbonyl (C=O) groups is 2. The average molecular weight is 397 g/mol. The quantitative estimate of drug-likeness (QED) is 0.690. The largest absolute Gasteiger partial charge is 0.480 e. The zero-order chi connectivity index (χ0) is 18.8. The maximum atomic E-state index is 13.4. The van der Waals surface area contributed by atoms with E-state index in [4.69, 9.17) is 16.7 Å². The molecule has 1 aromatic heterocycles. The Kier molecular flexibility index (Phi) is 5.15. The monoisotopic (exact) mass is 396 g/mol. The Balaban J connectivity index is 1.91. The molecule has 0 atom stereocenters. The van der Waals surface area contributed by atoms with E-state index in [1.807, 2.05) is 0 Å². The fraction of sp³-hybridized carbons (Fsp3) is 0.118. The number of carboxylic acids is 1. The Bertz CT molecular complexity index is 1000. The van der Waals surface area contributed by atoms with Crippen molar-refractivity contribution in [2.75, 3.05) is 6.54 Å². The molecule has 1 heterocycles. The number of aromatic nitrogens is 1.